The van der Waals surface area contributed by atoms with Gasteiger partial charge in [-0.2, -0.15) is 0 Å². The Morgan fingerprint density at radius 2 is 2.50 bits per heavy atom. The molecule has 14 heavy (non-hydrogen) atoms. The fourth-order valence-corrected chi connectivity index (χ4v) is 1.53. The predicted octanol–water partition coefficient (Wildman–Crippen LogP) is 0.173. The quantitative estimate of drug-likeness (QED) is 0.700. The van der Waals surface area contributed by atoms with Gasteiger partial charge in [-0.3, -0.25) is 9.78 Å². The summed E-state index contributed by atoms with van der Waals surface area (Å²) in [5, 5.41) is 6.13. The minimum atomic E-state index is -0.0840. The van der Waals surface area contributed by atoms with Gasteiger partial charge < -0.3 is 10.6 Å². The lowest BCUT2D eigenvalue weighted by atomic mass is 10.2. The van der Waals surface area contributed by atoms with E-state index in [1.807, 2.05) is 6.07 Å². The molecule has 1 atom stereocenters. The van der Waals surface area contributed by atoms with Crippen LogP contribution in [0.15, 0.2) is 24.4 Å². The van der Waals surface area contributed by atoms with Gasteiger partial charge in [-0.05, 0) is 25.1 Å². The van der Waals surface area contributed by atoms with Crippen LogP contribution in [-0.4, -0.2) is 30.0 Å². The lowest BCUT2D eigenvalue weighted by Gasteiger charge is -2.10. The second-order valence-corrected chi connectivity index (χ2v) is 3.38. The SMILES string of the molecule is O=C(N[C@@H]1CCNC1)c1ccccn1. The molecule has 0 spiro atoms. The molecule has 0 radical (unpaired) electrons. The Morgan fingerprint density at radius 3 is 3.14 bits per heavy atom. The van der Waals surface area contributed by atoms with Crippen LogP contribution in [0.3, 0.4) is 0 Å². The lowest BCUT2D eigenvalue weighted by Crippen LogP contribution is -2.36. The van der Waals surface area contributed by atoms with Crippen molar-refractivity contribution >= 4 is 5.91 Å². The first-order valence-electron chi connectivity index (χ1n) is 4.79. The second kappa shape index (κ2) is 4.19. The van der Waals surface area contributed by atoms with Gasteiger partial charge in [-0.25, -0.2) is 0 Å². The third-order valence-electron chi connectivity index (χ3n) is 2.29. The molecule has 2 N–H and O–H groups in total. The molecule has 4 nitrogen and oxygen atoms in total. The van der Waals surface area contributed by atoms with Crippen LogP contribution < -0.4 is 10.6 Å². The first kappa shape index (κ1) is 9.15. The standard InChI is InChI=1S/C10H13N3O/c14-10(9-3-1-2-5-12-9)13-8-4-6-11-7-8/h1-3,5,8,11H,4,6-7H2,(H,13,14)/t8-/m1/s1. The lowest BCUT2D eigenvalue weighted by molar-refractivity contribution is 0.0935. The third kappa shape index (κ3) is 2.09. The van der Waals surface area contributed by atoms with Gasteiger partial charge in [0.05, 0.1) is 0 Å². The average Bonchev–Trinajstić information content (AvgIpc) is 2.72. The number of hydrogen-bond acceptors (Lipinski definition) is 3. The van der Waals surface area contributed by atoms with Gasteiger partial charge in [0.2, 0.25) is 0 Å². The van der Waals surface area contributed by atoms with E-state index in [9.17, 15) is 4.79 Å². The van der Waals surface area contributed by atoms with E-state index >= 15 is 0 Å². The molecule has 0 unspecified atom stereocenters. The Balaban J connectivity index is 1.95. The number of amides is 1. The van der Waals surface area contributed by atoms with E-state index in [0.29, 0.717) is 5.69 Å². The largest absolute Gasteiger partial charge is 0.347 e. The zero-order valence-corrected chi connectivity index (χ0v) is 7.86. The van der Waals surface area contributed by atoms with Crippen LogP contribution in [0.1, 0.15) is 16.9 Å². The summed E-state index contributed by atoms with van der Waals surface area (Å²) in [5.41, 5.74) is 0.486. The zero-order chi connectivity index (χ0) is 9.80. The maximum Gasteiger partial charge on any atom is 0.270 e. The number of aromatic nitrogens is 1. The van der Waals surface area contributed by atoms with Gasteiger partial charge in [0.25, 0.3) is 5.91 Å². The molecule has 2 rings (SSSR count). The summed E-state index contributed by atoms with van der Waals surface area (Å²) in [5.74, 6) is -0.0840. The summed E-state index contributed by atoms with van der Waals surface area (Å²) in [4.78, 5) is 15.6. The molecule has 1 fully saturated rings. The van der Waals surface area contributed by atoms with E-state index in [-0.39, 0.29) is 11.9 Å². The first-order valence-corrected chi connectivity index (χ1v) is 4.79. The number of carbonyl (C=O) groups is 1. The number of hydrogen-bond donors (Lipinski definition) is 2. The Kier molecular flexibility index (Phi) is 2.74. The molecule has 1 saturated heterocycles. The summed E-state index contributed by atoms with van der Waals surface area (Å²) in [6, 6.07) is 5.59. The highest BCUT2D eigenvalue weighted by Gasteiger charge is 2.17. The topological polar surface area (TPSA) is 54.0 Å². The fraction of sp³-hybridized carbons (Fsp3) is 0.400. The normalized spacial score (nSPS) is 20.7. The number of rotatable bonds is 2. The smallest absolute Gasteiger partial charge is 0.270 e. The summed E-state index contributed by atoms with van der Waals surface area (Å²) in [6.07, 6.45) is 2.63. The van der Waals surface area contributed by atoms with Gasteiger partial charge in [0.15, 0.2) is 0 Å². The first-order chi connectivity index (χ1) is 6.86. The molecule has 1 aromatic rings. The van der Waals surface area contributed by atoms with Gasteiger partial charge in [-0.15, -0.1) is 0 Å². The Labute approximate surface area is 82.7 Å². The molecule has 1 amide bonds. The summed E-state index contributed by atoms with van der Waals surface area (Å²) < 4.78 is 0. The molecule has 0 aliphatic carbocycles. The van der Waals surface area contributed by atoms with Crippen molar-refractivity contribution in [2.24, 2.45) is 0 Å². The van der Waals surface area contributed by atoms with E-state index < -0.39 is 0 Å². The highest BCUT2D eigenvalue weighted by Crippen LogP contribution is 1.99. The Bertz CT molecular complexity index is 306. The highest BCUT2D eigenvalue weighted by molar-refractivity contribution is 5.92. The van der Waals surface area contributed by atoms with Crippen LogP contribution in [0, 0.1) is 0 Å². The number of pyridine rings is 1. The second-order valence-electron chi connectivity index (χ2n) is 3.38. The number of nitrogens with one attached hydrogen (secondary N) is 2. The molecule has 0 bridgehead atoms. The van der Waals surface area contributed by atoms with Crippen LogP contribution >= 0.6 is 0 Å². The molecule has 1 aliphatic rings. The van der Waals surface area contributed by atoms with E-state index in [2.05, 4.69) is 15.6 Å². The Morgan fingerprint density at radius 1 is 1.57 bits per heavy atom. The fourth-order valence-electron chi connectivity index (χ4n) is 1.53. The summed E-state index contributed by atoms with van der Waals surface area (Å²) >= 11 is 0. The molecule has 0 saturated carbocycles. The van der Waals surface area contributed by atoms with Crippen molar-refractivity contribution in [2.45, 2.75) is 12.5 Å². The van der Waals surface area contributed by atoms with Gasteiger partial charge in [0, 0.05) is 18.8 Å². The van der Waals surface area contributed by atoms with Crippen LogP contribution in [0.25, 0.3) is 0 Å². The maximum absolute atomic E-state index is 11.6. The van der Waals surface area contributed by atoms with Crippen LogP contribution in [0.4, 0.5) is 0 Å². The van der Waals surface area contributed by atoms with Crippen molar-refractivity contribution in [3.63, 3.8) is 0 Å². The third-order valence-corrected chi connectivity index (χ3v) is 2.29. The van der Waals surface area contributed by atoms with E-state index in [1.165, 1.54) is 0 Å². The predicted molar refractivity (Wildman–Crippen MR) is 53.0 cm³/mol. The van der Waals surface area contributed by atoms with Gasteiger partial charge in [0.1, 0.15) is 5.69 Å². The van der Waals surface area contributed by atoms with Crippen molar-refractivity contribution in [3.8, 4) is 0 Å². The van der Waals surface area contributed by atoms with E-state index in [4.69, 9.17) is 0 Å². The molecule has 1 aromatic heterocycles. The van der Waals surface area contributed by atoms with E-state index in [0.717, 1.165) is 19.5 Å². The Hall–Kier alpha value is -1.42. The summed E-state index contributed by atoms with van der Waals surface area (Å²) in [7, 11) is 0. The van der Waals surface area contributed by atoms with Crippen LogP contribution in [0.2, 0.25) is 0 Å². The molecule has 74 valence electrons. The molecule has 0 aromatic carbocycles. The number of nitrogens with zero attached hydrogens (tertiary/aromatic N) is 1. The molecular formula is C10H13N3O. The monoisotopic (exact) mass is 191 g/mol. The van der Waals surface area contributed by atoms with E-state index in [1.54, 1.807) is 18.3 Å². The number of carbonyl (C=O) groups excluding carboxylic acids is 1. The minimum Gasteiger partial charge on any atom is -0.347 e. The average molecular weight is 191 g/mol. The van der Waals surface area contributed by atoms with Crippen molar-refractivity contribution in [3.05, 3.63) is 30.1 Å². The minimum absolute atomic E-state index is 0.0840. The maximum atomic E-state index is 11.6. The van der Waals surface area contributed by atoms with Gasteiger partial charge in [-0.1, -0.05) is 6.07 Å². The van der Waals surface area contributed by atoms with Crippen LogP contribution in [-0.2, 0) is 0 Å². The van der Waals surface area contributed by atoms with Crippen LogP contribution in [0.5, 0.6) is 0 Å². The zero-order valence-electron chi connectivity index (χ0n) is 7.86. The van der Waals surface area contributed by atoms with Crippen molar-refractivity contribution in [1.29, 1.82) is 0 Å². The van der Waals surface area contributed by atoms with Crippen molar-refractivity contribution < 1.29 is 4.79 Å². The van der Waals surface area contributed by atoms with Gasteiger partial charge >= 0.3 is 0 Å². The molecular weight excluding hydrogens is 178 g/mol. The molecule has 4 heteroatoms. The van der Waals surface area contributed by atoms with Crippen molar-refractivity contribution in [2.75, 3.05) is 13.1 Å². The summed E-state index contributed by atoms with van der Waals surface area (Å²) in [6.45, 7) is 1.84. The van der Waals surface area contributed by atoms with Crippen molar-refractivity contribution in [1.82, 2.24) is 15.6 Å². The molecule has 1 aliphatic heterocycles. The highest BCUT2D eigenvalue weighted by atomic mass is 16.1. The molecule has 2 heterocycles.